The molecule has 0 aliphatic rings. The molecule has 0 atom stereocenters. The molecule has 7 heteroatoms. The van der Waals surface area contributed by atoms with Crippen molar-refractivity contribution < 1.29 is 15.0 Å². The van der Waals surface area contributed by atoms with Crippen LogP contribution in [0.25, 0.3) is 16.9 Å². The van der Waals surface area contributed by atoms with Crippen molar-refractivity contribution in [2.45, 2.75) is 20.8 Å². The summed E-state index contributed by atoms with van der Waals surface area (Å²) in [6, 6.07) is 16.0. The van der Waals surface area contributed by atoms with Gasteiger partial charge in [-0.3, -0.25) is 5.43 Å². The molecule has 0 unspecified atom stereocenters. The summed E-state index contributed by atoms with van der Waals surface area (Å²) in [7, 11) is 0. The van der Waals surface area contributed by atoms with Crippen molar-refractivity contribution in [1.29, 1.82) is 0 Å². The van der Waals surface area contributed by atoms with Gasteiger partial charge in [0.25, 0.3) is 0 Å². The number of nitrogens with zero attached hydrogens (tertiary/aromatic N) is 3. The summed E-state index contributed by atoms with van der Waals surface area (Å²) < 4.78 is 2.01. The number of anilines is 1. The lowest BCUT2D eigenvalue weighted by Crippen LogP contribution is -1.97. The summed E-state index contributed by atoms with van der Waals surface area (Å²) in [5, 5.41) is 22.8. The number of aromatic hydroxyl groups is 1. The maximum absolute atomic E-state index is 10.9. The molecular weight excluding hydrogens is 392 g/mol. The monoisotopic (exact) mass is 416 g/mol. The quantitative estimate of drug-likeness (QED) is 0.307. The molecule has 0 radical (unpaired) electrons. The Labute approximate surface area is 180 Å². The second kappa shape index (κ2) is 9.58. The number of hydrogen-bond acceptors (Lipinski definition) is 5. The Hall–Kier alpha value is -4.13. The summed E-state index contributed by atoms with van der Waals surface area (Å²) in [6.45, 7) is 6.04. The maximum Gasteiger partial charge on any atom is 0.339 e. The predicted molar refractivity (Wildman–Crippen MR) is 123 cm³/mol. The van der Waals surface area contributed by atoms with Crippen molar-refractivity contribution in [2.24, 2.45) is 5.10 Å². The molecule has 0 spiro atoms. The normalized spacial score (nSPS) is 10.7. The molecule has 0 aliphatic heterocycles. The second-order valence-electron chi connectivity index (χ2n) is 6.63. The number of aryl methyl sites for hydroxylation is 1. The molecular formula is C24H24N4O3. The molecule has 0 saturated carbocycles. The highest BCUT2D eigenvalue weighted by molar-refractivity contribution is 5.92. The van der Waals surface area contributed by atoms with E-state index in [1.807, 2.05) is 74.0 Å². The van der Waals surface area contributed by atoms with Gasteiger partial charge in [0.1, 0.15) is 17.0 Å². The van der Waals surface area contributed by atoms with Crippen molar-refractivity contribution in [3.63, 3.8) is 0 Å². The number of rotatable bonds is 5. The number of aromatic nitrogens is 2. The van der Waals surface area contributed by atoms with E-state index in [1.54, 1.807) is 6.07 Å². The number of benzene rings is 2. The first-order chi connectivity index (χ1) is 15.0. The van der Waals surface area contributed by atoms with Crippen LogP contribution in [0.4, 0.5) is 5.69 Å². The number of pyridine rings is 1. The van der Waals surface area contributed by atoms with Gasteiger partial charge in [-0.25, -0.2) is 9.78 Å². The summed E-state index contributed by atoms with van der Waals surface area (Å²) in [5.41, 5.74) is 8.08. The van der Waals surface area contributed by atoms with Gasteiger partial charge in [0.15, 0.2) is 0 Å². The lowest BCUT2D eigenvalue weighted by molar-refractivity contribution is 0.0693. The average Bonchev–Trinajstić information content (AvgIpc) is 3.18. The number of carboxylic acid groups (broad SMARTS) is 1. The number of nitrogens with one attached hydrogen (secondary N) is 1. The summed E-state index contributed by atoms with van der Waals surface area (Å²) in [6.07, 6.45) is 5.54. The smallest absolute Gasteiger partial charge is 0.339 e. The Balaban J connectivity index is 0.00000132. The number of aromatic carboxylic acids is 1. The lowest BCUT2D eigenvalue weighted by Gasteiger charge is -2.03. The summed E-state index contributed by atoms with van der Waals surface area (Å²) >= 11 is 0. The lowest BCUT2D eigenvalue weighted by atomic mass is 10.1. The first kappa shape index (κ1) is 21.6. The Kier molecular flexibility index (Phi) is 6.67. The van der Waals surface area contributed by atoms with Gasteiger partial charge in [0.05, 0.1) is 17.6 Å². The van der Waals surface area contributed by atoms with E-state index in [-0.39, 0.29) is 11.3 Å². The Morgan fingerprint density at radius 3 is 2.48 bits per heavy atom. The molecule has 0 aliphatic carbocycles. The Morgan fingerprint density at radius 1 is 1.06 bits per heavy atom. The number of carbonyl (C=O) groups is 1. The number of imidazole rings is 1. The molecule has 2 heterocycles. The first-order valence-corrected chi connectivity index (χ1v) is 9.91. The van der Waals surface area contributed by atoms with Crippen LogP contribution in [0, 0.1) is 6.92 Å². The molecule has 0 fully saturated rings. The Bertz CT molecular complexity index is 1230. The van der Waals surface area contributed by atoms with Crippen LogP contribution in [-0.2, 0) is 0 Å². The molecule has 4 aromatic rings. The van der Waals surface area contributed by atoms with Crippen LogP contribution >= 0.6 is 0 Å². The highest BCUT2D eigenvalue weighted by Gasteiger charge is 2.09. The van der Waals surface area contributed by atoms with E-state index in [0.717, 1.165) is 22.6 Å². The zero-order chi connectivity index (χ0) is 22.4. The SMILES string of the molecule is CC.Cc1ccc2nc(-c3ccc(N/N=C/c4ccc(C(=O)O)c(O)c4)cc3)cn2c1. The van der Waals surface area contributed by atoms with E-state index < -0.39 is 5.97 Å². The molecule has 158 valence electrons. The van der Waals surface area contributed by atoms with Crippen LogP contribution in [0.5, 0.6) is 5.75 Å². The van der Waals surface area contributed by atoms with Crippen LogP contribution < -0.4 is 5.43 Å². The fraction of sp³-hybridized carbons (Fsp3) is 0.125. The van der Waals surface area contributed by atoms with E-state index >= 15 is 0 Å². The number of fused-ring (bicyclic) bond motifs is 1. The molecule has 7 nitrogen and oxygen atoms in total. The number of phenols is 1. The largest absolute Gasteiger partial charge is 0.507 e. The van der Waals surface area contributed by atoms with E-state index in [9.17, 15) is 9.90 Å². The highest BCUT2D eigenvalue weighted by atomic mass is 16.4. The topological polar surface area (TPSA) is 99.2 Å². The van der Waals surface area contributed by atoms with Crippen LogP contribution in [-0.4, -0.2) is 31.8 Å². The van der Waals surface area contributed by atoms with Gasteiger partial charge in [-0.1, -0.05) is 38.1 Å². The van der Waals surface area contributed by atoms with Crippen molar-refractivity contribution in [3.05, 3.63) is 83.7 Å². The van der Waals surface area contributed by atoms with E-state index in [0.29, 0.717) is 5.56 Å². The first-order valence-electron chi connectivity index (χ1n) is 9.91. The molecule has 3 N–H and O–H groups in total. The van der Waals surface area contributed by atoms with E-state index in [2.05, 4.69) is 15.5 Å². The van der Waals surface area contributed by atoms with Gasteiger partial charge in [0, 0.05) is 18.0 Å². The fourth-order valence-electron chi connectivity index (χ4n) is 2.95. The summed E-state index contributed by atoms with van der Waals surface area (Å²) in [4.78, 5) is 15.5. The zero-order valence-electron chi connectivity index (χ0n) is 17.6. The number of hydrazone groups is 1. The molecule has 4 rings (SSSR count). The van der Waals surface area contributed by atoms with Gasteiger partial charge in [-0.15, -0.1) is 0 Å². The van der Waals surface area contributed by atoms with Crippen LogP contribution in [0.3, 0.4) is 0 Å². The van der Waals surface area contributed by atoms with E-state index in [1.165, 1.54) is 23.9 Å². The van der Waals surface area contributed by atoms with Crippen molar-refractivity contribution in [2.75, 3.05) is 5.43 Å². The molecule has 0 saturated heterocycles. The van der Waals surface area contributed by atoms with Crippen LogP contribution in [0.1, 0.15) is 35.3 Å². The van der Waals surface area contributed by atoms with Gasteiger partial charge in [-0.2, -0.15) is 5.10 Å². The maximum atomic E-state index is 10.9. The van der Waals surface area contributed by atoms with Crippen LogP contribution in [0.15, 0.2) is 72.1 Å². The van der Waals surface area contributed by atoms with Gasteiger partial charge < -0.3 is 14.6 Å². The number of carboxylic acids is 1. The summed E-state index contributed by atoms with van der Waals surface area (Å²) in [5.74, 6) is -1.47. The fourth-order valence-corrected chi connectivity index (χ4v) is 2.95. The van der Waals surface area contributed by atoms with Gasteiger partial charge in [-0.05, 0) is 48.4 Å². The van der Waals surface area contributed by atoms with Crippen molar-refractivity contribution in [1.82, 2.24) is 9.38 Å². The molecule has 2 aromatic carbocycles. The second-order valence-corrected chi connectivity index (χ2v) is 6.63. The minimum atomic E-state index is -1.18. The van der Waals surface area contributed by atoms with Crippen molar-refractivity contribution >= 4 is 23.5 Å². The van der Waals surface area contributed by atoms with E-state index in [4.69, 9.17) is 5.11 Å². The highest BCUT2D eigenvalue weighted by Crippen LogP contribution is 2.22. The number of hydrogen-bond donors (Lipinski definition) is 3. The third kappa shape index (κ3) is 5.08. The minimum Gasteiger partial charge on any atom is -0.507 e. The molecule has 31 heavy (non-hydrogen) atoms. The minimum absolute atomic E-state index is 0.146. The third-order valence-electron chi connectivity index (χ3n) is 4.44. The Morgan fingerprint density at radius 2 is 1.81 bits per heavy atom. The van der Waals surface area contributed by atoms with Crippen LogP contribution in [0.2, 0.25) is 0 Å². The van der Waals surface area contributed by atoms with Gasteiger partial charge in [0.2, 0.25) is 0 Å². The zero-order valence-corrected chi connectivity index (χ0v) is 17.6. The standard InChI is InChI=1S/C22H18N4O3.C2H6/c1-14-2-9-21-24-19(13-26(21)12-14)16-4-6-17(7-5-16)25-23-11-15-3-8-18(22(28)29)20(27)10-15;1-2/h2-13,25,27H,1H3,(H,28,29);1-2H3/b23-11+;. The molecule has 0 amide bonds. The average molecular weight is 416 g/mol. The molecule has 0 bridgehead atoms. The predicted octanol–water partition coefficient (Wildman–Crippen LogP) is 5.19. The molecule has 2 aromatic heterocycles. The third-order valence-corrected chi connectivity index (χ3v) is 4.44. The van der Waals surface area contributed by atoms with Gasteiger partial charge >= 0.3 is 5.97 Å². The van der Waals surface area contributed by atoms with Crippen molar-refractivity contribution in [3.8, 4) is 17.0 Å².